The van der Waals surface area contributed by atoms with Crippen LogP contribution in [-0.2, 0) is 9.53 Å². The molecule has 6 nitrogen and oxygen atoms in total. The fraction of sp³-hybridized carbons (Fsp3) is 0.500. The van der Waals surface area contributed by atoms with Gasteiger partial charge in [-0.2, -0.15) is 0 Å². The summed E-state index contributed by atoms with van der Waals surface area (Å²) in [4.78, 5) is 30.9. The van der Waals surface area contributed by atoms with Gasteiger partial charge in [-0.1, -0.05) is 0 Å². The van der Waals surface area contributed by atoms with Gasteiger partial charge in [0.25, 0.3) is 11.5 Å². The number of rotatable bonds is 2. The van der Waals surface area contributed by atoms with E-state index in [4.69, 9.17) is 4.74 Å². The summed E-state index contributed by atoms with van der Waals surface area (Å²) in [6.07, 6.45) is 1.10. The van der Waals surface area contributed by atoms with E-state index in [9.17, 15) is 9.59 Å². The van der Waals surface area contributed by atoms with Gasteiger partial charge in [-0.3, -0.25) is 14.0 Å². The molecule has 112 valence electrons. The molecule has 21 heavy (non-hydrogen) atoms. The summed E-state index contributed by atoms with van der Waals surface area (Å²) in [5.74, 6) is -0.265. The molecule has 1 amide bonds. The average molecular weight is 307 g/mol. The van der Waals surface area contributed by atoms with Crippen LogP contribution in [-0.4, -0.2) is 28.0 Å². The van der Waals surface area contributed by atoms with Crippen molar-refractivity contribution < 1.29 is 9.53 Å². The van der Waals surface area contributed by atoms with Crippen LogP contribution in [0, 0.1) is 20.8 Å². The molecule has 1 saturated heterocycles. The molecule has 3 heterocycles. The number of nitrogens with zero attached hydrogens (tertiary/aromatic N) is 2. The quantitative estimate of drug-likeness (QED) is 0.918. The minimum Gasteiger partial charge on any atom is -0.368 e. The normalized spacial score (nSPS) is 18.3. The third kappa shape index (κ3) is 2.36. The molecule has 0 saturated carbocycles. The number of nitrogens with one attached hydrogen (secondary N) is 1. The van der Waals surface area contributed by atoms with Gasteiger partial charge in [0.05, 0.1) is 5.69 Å². The molecule has 2 aromatic rings. The maximum Gasteiger partial charge on any atom is 0.282 e. The number of anilines is 1. The number of amides is 1. The van der Waals surface area contributed by atoms with E-state index >= 15 is 0 Å². The molecule has 0 bridgehead atoms. The molecule has 7 heteroatoms. The van der Waals surface area contributed by atoms with Crippen LogP contribution >= 0.6 is 11.3 Å². The molecular weight excluding hydrogens is 290 g/mol. The minimum absolute atomic E-state index is 0.231. The topological polar surface area (TPSA) is 72.7 Å². The van der Waals surface area contributed by atoms with Crippen molar-refractivity contribution in [3.8, 4) is 0 Å². The van der Waals surface area contributed by atoms with Gasteiger partial charge in [-0.05, 0) is 33.6 Å². The van der Waals surface area contributed by atoms with Gasteiger partial charge in [0.15, 0.2) is 4.96 Å². The second kappa shape index (κ2) is 5.23. The van der Waals surface area contributed by atoms with Crippen molar-refractivity contribution in [2.24, 2.45) is 0 Å². The predicted octanol–water partition coefficient (Wildman–Crippen LogP) is 1.80. The molecule has 1 aliphatic rings. The summed E-state index contributed by atoms with van der Waals surface area (Å²) in [7, 11) is 0. The Hall–Kier alpha value is -1.73. The lowest BCUT2D eigenvalue weighted by molar-refractivity contribution is -0.124. The Kier molecular flexibility index (Phi) is 3.54. The Labute approximate surface area is 125 Å². The molecule has 1 fully saturated rings. The first kappa shape index (κ1) is 14.2. The fourth-order valence-electron chi connectivity index (χ4n) is 2.47. The van der Waals surface area contributed by atoms with Gasteiger partial charge in [-0.25, -0.2) is 4.98 Å². The summed E-state index contributed by atoms with van der Waals surface area (Å²) in [5.41, 5.74) is 1.41. The summed E-state index contributed by atoms with van der Waals surface area (Å²) < 4.78 is 6.90. The number of thiazole rings is 1. The Morgan fingerprint density at radius 2 is 2.19 bits per heavy atom. The Balaban J connectivity index is 2.04. The van der Waals surface area contributed by atoms with E-state index in [0.717, 1.165) is 17.0 Å². The zero-order valence-electron chi connectivity index (χ0n) is 12.2. The van der Waals surface area contributed by atoms with Crippen molar-refractivity contribution in [1.29, 1.82) is 0 Å². The lowest BCUT2D eigenvalue weighted by Gasteiger charge is -2.11. The van der Waals surface area contributed by atoms with Gasteiger partial charge in [-0.15, -0.1) is 11.3 Å². The number of hydrogen-bond donors (Lipinski definition) is 1. The molecule has 3 rings (SSSR count). The Bertz CT molecular complexity index is 772. The third-order valence-corrected chi connectivity index (χ3v) is 4.85. The lowest BCUT2D eigenvalue weighted by Crippen LogP contribution is -2.31. The monoisotopic (exact) mass is 307 g/mol. The van der Waals surface area contributed by atoms with E-state index in [1.54, 1.807) is 11.3 Å². The highest BCUT2D eigenvalue weighted by molar-refractivity contribution is 7.17. The smallest absolute Gasteiger partial charge is 0.282 e. The van der Waals surface area contributed by atoms with E-state index < -0.39 is 6.10 Å². The van der Waals surface area contributed by atoms with Crippen molar-refractivity contribution in [2.75, 3.05) is 11.9 Å². The maximum absolute atomic E-state index is 12.6. The predicted molar refractivity (Wildman–Crippen MR) is 81.2 cm³/mol. The van der Waals surface area contributed by atoms with Gasteiger partial charge in [0.1, 0.15) is 11.8 Å². The highest BCUT2D eigenvalue weighted by atomic mass is 32.1. The Morgan fingerprint density at radius 1 is 1.43 bits per heavy atom. The number of aromatic nitrogens is 2. The number of hydrogen-bond acceptors (Lipinski definition) is 5. The molecule has 0 spiro atoms. The SMILES string of the molecule is Cc1nc2sc(C)c(C)n2c(=O)c1NC(=O)[C@@H]1CCCO1. The molecule has 0 unspecified atom stereocenters. The summed E-state index contributed by atoms with van der Waals surface area (Å²) >= 11 is 1.47. The second-order valence-electron chi connectivity index (χ2n) is 5.23. The molecule has 2 aromatic heterocycles. The number of carbonyl (C=O) groups is 1. The zero-order chi connectivity index (χ0) is 15.1. The number of aryl methyl sites for hydroxylation is 3. The van der Waals surface area contributed by atoms with Crippen LogP contribution in [0.3, 0.4) is 0 Å². The minimum atomic E-state index is -0.463. The van der Waals surface area contributed by atoms with Crippen molar-refractivity contribution in [3.63, 3.8) is 0 Å². The van der Waals surface area contributed by atoms with Gasteiger partial charge >= 0.3 is 0 Å². The highest BCUT2D eigenvalue weighted by Gasteiger charge is 2.25. The molecule has 0 radical (unpaired) electrons. The van der Waals surface area contributed by atoms with Crippen LogP contribution in [0.1, 0.15) is 29.1 Å². The number of fused-ring (bicyclic) bond motifs is 1. The van der Waals surface area contributed by atoms with Crippen LogP contribution < -0.4 is 10.9 Å². The first-order valence-electron chi connectivity index (χ1n) is 6.91. The van der Waals surface area contributed by atoms with Gasteiger partial charge in [0.2, 0.25) is 0 Å². The van der Waals surface area contributed by atoms with Crippen LogP contribution in [0.25, 0.3) is 4.96 Å². The van der Waals surface area contributed by atoms with Crippen molar-refractivity contribution in [2.45, 2.75) is 39.7 Å². The van der Waals surface area contributed by atoms with E-state index in [1.807, 2.05) is 13.8 Å². The van der Waals surface area contributed by atoms with Crippen molar-refractivity contribution >= 4 is 27.9 Å². The van der Waals surface area contributed by atoms with E-state index in [-0.39, 0.29) is 17.2 Å². The fourth-order valence-corrected chi connectivity index (χ4v) is 3.47. The summed E-state index contributed by atoms with van der Waals surface area (Å²) in [5, 5.41) is 2.69. The van der Waals surface area contributed by atoms with Gasteiger partial charge < -0.3 is 10.1 Å². The first-order chi connectivity index (χ1) is 9.99. The molecule has 0 aromatic carbocycles. The zero-order valence-corrected chi connectivity index (χ0v) is 13.0. The van der Waals surface area contributed by atoms with Crippen LogP contribution in [0.4, 0.5) is 5.69 Å². The second-order valence-corrected chi connectivity index (χ2v) is 6.41. The number of ether oxygens (including phenoxy) is 1. The molecule has 0 aliphatic carbocycles. The molecule has 1 atom stereocenters. The molecule has 1 N–H and O–H groups in total. The van der Waals surface area contributed by atoms with Crippen LogP contribution in [0.5, 0.6) is 0 Å². The largest absolute Gasteiger partial charge is 0.368 e. The third-order valence-electron chi connectivity index (χ3n) is 3.79. The standard InChI is InChI=1S/C14H17N3O3S/c1-7-11(16-12(18)10-5-4-6-20-10)13(19)17-8(2)9(3)21-14(17)15-7/h10H,4-6H2,1-3H3,(H,16,18)/t10-/m0/s1. The van der Waals surface area contributed by atoms with Crippen LogP contribution in [0.2, 0.25) is 0 Å². The highest BCUT2D eigenvalue weighted by Crippen LogP contribution is 2.21. The van der Waals surface area contributed by atoms with E-state index in [2.05, 4.69) is 10.3 Å². The van der Waals surface area contributed by atoms with E-state index in [0.29, 0.717) is 23.7 Å². The van der Waals surface area contributed by atoms with Gasteiger partial charge in [0, 0.05) is 17.2 Å². The maximum atomic E-state index is 12.6. The summed E-state index contributed by atoms with van der Waals surface area (Å²) in [6, 6.07) is 0. The first-order valence-corrected chi connectivity index (χ1v) is 7.72. The van der Waals surface area contributed by atoms with Crippen LogP contribution in [0.15, 0.2) is 4.79 Å². The average Bonchev–Trinajstić information content (AvgIpc) is 3.04. The van der Waals surface area contributed by atoms with Crippen molar-refractivity contribution in [1.82, 2.24) is 9.38 Å². The number of carbonyl (C=O) groups excluding carboxylic acids is 1. The summed E-state index contributed by atoms with van der Waals surface area (Å²) in [6.45, 7) is 6.16. The molecular formula is C14H17N3O3S. The molecule has 1 aliphatic heterocycles. The van der Waals surface area contributed by atoms with Crippen molar-refractivity contribution in [3.05, 3.63) is 26.6 Å². The lowest BCUT2D eigenvalue weighted by atomic mass is 10.2. The Morgan fingerprint density at radius 3 is 2.86 bits per heavy atom. The van der Waals surface area contributed by atoms with E-state index in [1.165, 1.54) is 11.3 Å².